The molecule has 1 aliphatic rings. The van der Waals surface area contributed by atoms with Crippen molar-refractivity contribution in [2.75, 3.05) is 7.11 Å². The fourth-order valence-corrected chi connectivity index (χ4v) is 4.32. The van der Waals surface area contributed by atoms with Gasteiger partial charge in [0.15, 0.2) is 0 Å². The number of ether oxygens (including phenoxy) is 1. The molecule has 0 heterocycles. The second-order valence-electron chi connectivity index (χ2n) is 7.55. The molecule has 0 saturated heterocycles. The number of rotatable bonds is 8. The van der Waals surface area contributed by atoms with E-state index in [4.69, 9.17) is 0 Å². The van der Waals surface area contributed by atoms with Gasteiger partial charge in [0.2, 0.25) is 0 Å². The predicted octanol–water partition coefficient (Wildman–Crippen LogP) is 13.0. The lowest BCUT2D eigenvalue weighted by Gasteiger charge is -2.35. The molecular formula is C40H60O. The van der Waals surface area contributed by atoms with E-state index in [0.29, 0.717) is 0 Å². The van der Waals surface area contributed by atoms with Crippen LogP contribution in [0.25, 0.3) is 11.1 Å². The minimum atomic E-state index is -0.389. The predicted molar refractivity (Wildman–Crippen MR) is 191 cm³/mol. The van der Waals surface area contributed by atoms with Crippen LogP contribution < -0.4 is 0 Å². The van der Waals surface area contributed by atoms with Gasteiger partial charge in [-0.2, -0.15) is 0 Å². The van der Waals surface area contributed by atoms with Crippen molar-refractivity contribution in [3.05, 3.63) is 145 Å². The zero-order chi connectivity index (χ0) is 32.1. The Bertz CT molecular complexity index is 1040. The first-order chi connectivity index (χ1) is 20.2. The summed E-state index contributed by atoms with van der Waals surface area (Å²) in [5.41, 5.74) is 7.27. The largest absolute Gasteiger partial charge is 0.505 e. The van der Waals surface area contributed by atoms with E-state index in [1.807, 2.05) is 68.4 Å². The first-order valence-electron chi connectivity index (χ1n) is 15.5. The summed E-state index contributed by atoms with van der Waals surface area (Å²) in [6.07, 6.45) is 21.8. The molecule has 0 atom stereocenters. The number of hydrogen-bond acceptors (Lipinski definition) is 1. The van der Waals surface area contributed by atoms with Gasteiger partial charge in [0.25, 0.3) is 0 Å². The van der Waals surface area contributed by atoms with Crippen LogP contribution in [0.3, 0.4) is 0 Å². The summed E-state index contributed by atoms with van der Waals surface area (Å²) >= 11 is 0. The molecule has 3 rings (SSSR count). The van der Waals surface area contributed by atoms with Gasteiger partial charge >= 0.3 is 0 Å². The molecule has 0 spiro atoms. The zero-order valence-corrected chi connectivity index (χ0v) is 28.4. The Morgan fingerprint density at radius 3 is 1.44 bits per heavy atom. The fourth-order valence-electron chi connectivity index (χ4n) is 4.32. The maximum absolute atomic E-state index is 4.31. The van der Waals surface area contributed by atoms with E-state index in [1.165, 1.54) is 39.7 Å². The highest BCUT2D eigenvalue weighted by molar-refractivity contribution is 5.87. The SMILES string of the molecule is C=C/C(=C\C=C/C)C1(C(/C=C\CC)=C/C=C/C)c2ccccc2-c2ccccc21.C=COC.CC.CC.CC.CC. The summed E-state index contributed by atoms with van der Waals surface area (Å²) in [5.74, 6) is 0. The summed E-state index contributed by atoms with van der Waals surface area (Å²) in [6, 6.07) is 17.6. The number of benzene rings is 2. The smallest absolute Gasteiger partial charge is 0.0766 e. The van der Waals surface area contributed by atoms with Crippen LogP contribution in [0.4, 0.5) is 0 Å². The normalized spacial score (nSPS) is 12.4. The number of hydrogen-bond donors (Lipinski definition) is 0. The molecule has 1 nitrogen and oxygen atoms in total. The Morgan fingerprint density at radius 2 is 1.10 bits per heavy atom. The fraction of sp³-hybridized carbons (Fsp3) is 0.350. The molecule has 1 aliphatic carbocycles. The zero-order valence-electron chi connectivity index (χ0n) is 28.4. The number of fused-ring (bicyclic) bond motifs is 3. The van der Waals surface area contributed by atoms with Gasteiger partial charge in [0.05, 0.1) is 18.8 Å². The molecule has 0 radical (unpaired) electrons. The third-order valence-electron chi connectivity index (χ3n) is 5.67. The maximum Gasteiger partial charge on any atom is 0.0766 e. The molecule has 0 unspecified atom stereocenters. The highest BCUT2D eigenvalue weighted by Gasteiger charge is 2.46. The van der Waals surface area contributed by atoms with Gasteiger partial charge in [-0.05, 0) is 53.7 Å². The number of allylic oxidation sites excluding steroid dienone is 11. The molecule has 2 aromatic rings. The molecule has 1 heteroatoms. The molecule has 0 fully saturated rings. The quantitative estimate of drug-likeness (QED) is 0.232. The molecule has 2 aromatic carbocycles. The average Bonchev–Trinajstić information content (AvgIpc) is 3.36. The Morgan fingerprint density at radius 1 is 0.707 bits per heavy atom. The van der Waals surface area contributed by atoms with Gasteiger partial charge in [-0.15, -0.1) is 0 Å². The molecule has 0 amide bonds. The van der Waals surface area contributed by atoms with E-state index in [-0.39, 0.29) is 5.41 Å². The monoisotopic (exact) mass is 556 g/mol. The minimum absolute atomic E-state index is 0.389. The lowest BCUT2D eigenvalue weighted by atomic mass is 9.66. The molecule has 0 bridgehead atoms. The second kappa shape index (κ2) is 28.0. The molecule has 0 aliphatic heterocycles. The highest BCUT2D eigenvalue weighted by Crippen LogP contribution is 2.57. The van der Waals surface area contributed by atoms with Crippen molar-refractivity contribution in [3.8, 4) is 11.1 Å². The van der Waals surface area contributed by atoms with E-state index in [1.54, 1.807) is 7.11 Å². The summed E-state index contributed by atoms with van der Waals surface area (Å²) in [6.45, 7) is 29.8. The molecular weight excluding hydrogens is 496 g/mol. The highest BCUT2D eigenvalue weighted by atomic mass is 16.5. The molecule has 0 aromatic heterocycles. The van der Waals surface area contributed by atoms with E-state index >= 15 is 0 Å². The minimum Gasteiger partial charge on any atom is -0.505 e. The summed E-state index contributed by atoms with van der Waals surface area (Å²) in [4.78, 5) is 0. The van der Waals surface area contributed by atoms with Gasteiger partial charge in [-0.25, -0.2) is 0 Å². The summed E-state index contributed by atoms with van der Waals surface area (Å²) in [5, 5.41) is 0. The maximum atomic E-state index is 4.31. The van der Waals surface area contributed by atoms with E-state index < -0.39 is 0 Å². The van der Waals surface area contributed by atoms with Crippen LogP contribution >= 0.6 is 0 Å². The Hall–Kier alpha value is -3.58. The van der Waals surface area contributed by atoms with Crippen molar-refractivity contribution >= 4 is 0 Å². The van der Waals surface area contributed by atoms with Crippen molar-refractivity contribution < 1.29 is 4.74 Å². The topological polar surface area (TPSA) is 9.23 Å². The molecule has 0 saturated carbocycles. The standard InChI is InChI=1S/C29H30.C3H6O.4C2H6/c1-5-9-16-23(8-4)29(24(17-10-6-2)18-11-7-3)27-21-14-12-19-25(27)26-20-13-15-22-28(26)29;1-3-4-2;4*1-2/h5-6,8-22H,4,7H2,1-3H3;3H,1H2,2H3;4*1-2H3/b9-5-,10-6+,18-11-,23-16+,24-17+;;;;;. The first kappa shape index (κ1) is 41.9. The second-order valence-corrected chi connectivity index (χ2v) is 7.55. The van der Waals surface area contributed by atoms with E-state index in [0.717, 1.165) is 6.42 Å². The summed E-state index contributed by atoms with van der Waals surface area (Å²) < 4.78 is 4.31. The van der Waals surface area contributed by atoms with Crippen molar-refractivity contribution in [3.63, 3.8) is 0 Å². The number of methoxy groups -OCH3 is 1. The van der Waals surface area contributed by atoms with Crippen molar-refractivity contribution in [1.82, 2.24) is 0 Å². The lowest BCUT2D eigenvalue weighted by molar-refractivity contribution is 0.339. The Kier molecular flexibility index (Phi) is 28.6. The summed E-state index contributed by atoms with van der Waals surface area (Å²) in [7, 11) is 1.56. The first-order valence-corrected chi connectivity index (χ1v) is 15.5. The average molecular weight is 557 g/mol. The van der Waals surface area contributed by atoms with Gasteiger partial charge in [-0.3, -0.25) is 0 Å². The van der Waals surface area contributed by atoms with Gasteiger partial charge in [-0.1, -0.05) is 179 Å². The van der Waals surface area contributed by atoms with E-state index in [2.05, 4.69) is 129 Å². The van der Waals surface area contributed by atoms with E-state index in [9.17, 15) is 0 Å². The molecule has 41 heavy (non-hydrogen) atoms. The third-order valence-corrected chi connectivity index (χ3v) is 5.67. The van der Waals surface area contributed by atoms with Crippen LogP contribution in [0.5, 0.6) is 0 Å². The van der Waals surface area contributed by atoms with Crippen LogP contribution in [0.15, 0.2) is 134 Å². The lowest BCUT2D eigenvalue weighted by Crippen LogP contribution is -2.29. The van der Waals surface area contributed by atoms with Crippen LogP contribution in [0.2, 0.25) is 0 Å². The van der Waals surface area contributed by atoms with Crippen molar-refractivity contribution in [1.29, 1.82) is 0 Å². The molecule has 0 N–H and O–H groups in total. The van der Waals surface area contributed by atoms with Gasteiger partial charge in [0.1, 0.15) is 0 Å². The van der Waals surface area contributed by atoms with Crippen molar-refractivity contribution in [2.45, 2.75) is 88.0 Å². The van der Waals surface area contributed by atoms with Gasteiger partial charge < -0.3 is 4.74 Å². The Labute approximate surface area is 255 Å². The van der Waals surface area contributed by atoms with Crippen molar-refractivity contribution in [2.24, 2.45) is 0 Å². The van der Waals surface area contributed by atoms with Crippen LogP contribution in [-0.2, 0) is 10.2 Å². The third kappa shape index (κ3) is 11.4. The molecule has 226 valence electrons. The van der Waals surface area contributed by atoms with Gasteiger partial charge in [0, 0.05) is 0 Å². The van der Waals surface area contributed by atoms with Crippen LogP contribution in [-0.4, -0.2) is 7.11 Å². The van der Waals surface area contributed by atoms with Crippen LogP contribution in [0, 0.1) is 0 Å². The Balaban J connectivity index is -0.00000105. The van der Waals surface area contributed by atoms with Crippen LogP contribution in [0.1, 0.15) is 93.7 Å².